The van der Waals surface area contributed by atoms with Gasteiger partial charge in [-0.15, -0.1) is 0 Å². The minimum Gasteiger partial charge on any atom is -0.348 e. The van der Waals surface area contributed by atoms with E-state index in [1.807, 2.05) is 0 Å². The lowest BCUT2D eigenvalue weighted by molar-refractivity contribution is -0.137. The van der Waals surface area contributed by atoms with Gasteiger partial charge in [-0.3, -0.25) is 4.79 Å². The van der Waals surface area contributed by atoms with Crippen LogP contribution in [-0.4, -0.2) is 14.3 Å². The maximum atomic E-state index is 12.7. The van der Waals surface area contributed by atoms with Gasteiger partial charge in [-0.25, -0.2) is 8.42 Å². The Kier molecular flexibility index (Phi) is 6.12. The molecule has 0 radical (unpaired) electrons. The van der Waals surface area contributed by atoms with Gasteiger partial charge < -0.3 is 5.32 Å². The van der Waals surface area contributed by atoms with E-state index in [0.29, 0.717) is 5.56 Å². The number of halogens is 6. The minimum absolute atomic E-state index is 0.0197. The van der Waals surface area contributed by atoms with Crippen LogP contribution in [-0.2, 0) is 21.8 Å². The predicted octanol–water partition coefficient (Wildman–Crippen LogP) is 4.87. The van der Waals surface area contributed by atoms with Crippen LogP contribution in [0.2, 0.25) is 10.0 Å². The first kappa shape index (κ1) is 20.8. The van der Waals surface area contributed by atoms with Gasteiger partial charge in [0.15, 0.2) is 0 Å². The van der Waals surface area contributed by atoms with Crippen LogP contribution in [0.3, 0.4) is 0 Å². The highest BCUT2D eigenvalue weighted by Gasteiger charge is 2.33. The summed E-state index contributed by atoms with van der Waals surface area (Å²) in [6.07, 6.45) is -4.57. The van der Waals surface area contributed by atoms with Gasteiger partial charge in [0, 0.05) is 17.2 Å². The first-order valence-electron chi connectivity index (χ1n) is 6.77. The van der Waals surface area contributed by atoms with E-state index in [2.05, 4.69) is 5.32 Å². The fraction of sp³-hybridized carbons (Fsp3) is 0.133. The molecular weight excluding hydrogens is 438 g/mol. The van der Waals surface area contributed by atoms with Gasteiger partial charge in [0.05, 0.1) is 26.1 Å². The fourth-order valence-electron chi connectivity index (χ4n) is 2.01. The van der Waals surface area contributed by atoms with Crippen molar-refractivity contribution in [1.82, 2.24) is 5.32 Å². The zero-order valence-electron chi connectivity index (χ0n) is 12.6. The second-order valence-corrected chi connectivity index (χ2v) is 8.45. The Morgan fingerprint density at radius 1 is 1.04 bits per heavy atom. The first-order valence-corrected chi connectivity index (χ1v) is 9.84. The van der Waals surface area contributed by atoms with Crippen molar-refractivity contribution in [3.8, 4) is 0 Å². The van der Waals surface area contributed by atoms with E-state index in [1.54, 1.807) is 0 Å². The van der Waals surface area contributed by atoms with Crippen LogP contribution >= 0.6 is 33.9 Å². The van der Waals surface area contributed by atoms with Gasteiger partial charge in [-0.2, -0.15) is 13.2 Å². The van der Waals surface area contributed by atoms with Gasteiger partial charge in [-0.1, -0.05) is 29.3 Å². The summed E-state index contributed by atoms with van der Waals surface area (Å²) >= 11 is 11.5. The monoisotopic (exact) mass is 445 g/mol. The van der Waals surface area contributed by atoms with E-state index in [4.69, 9.17) is 33.9 Å². The molecule has 11 heteroatoms. The van der Waals surface area contributed by atoms with Crippen LogP contribution < -0.4 is 5.32 Å². The molecule has 0 aliphatic carbocycles. The Morgan fingerprint density at radius 3 is 2.19 bits per heavy atom. The second kappa shape index (κ2) is 7.64. The highest BCUT2D eigenvalue weighted by molar-refractivity contribution is 8.13. The predicted molar refractivity (Wildman–Crippen MR) is 92.1 cm³/mol. The van der Waals surface area contributed by atoms with E-state index >= 15 is 0 Å². The largest absolute Gasteiger partial charge is 0.417 e. The number of rotatable bonds is 4. The summed E-state index contributed by atoms with van der Waals surface area (Å²) in [6, 6.07) is 6.39. The summed E-state index contributed by atoms with van der Waals surface area (Å²) in [6.45, 7) is -0.109. The Morgan fingerprint density at radius 2 is 1.69 bits per heavy atom. The molecule has 1 N–H and O–H groups in total. The van der Waals surface area contributed by atoms with E-state index in [-0.39, 0.29) is 22.0 Å². The molecule has 2 rings (SSSR count). The summed E-state index contributed by atoms with van der Waals surface area (Å²) in [5.74, 6) is -0.649. The third-order valence-electron chi connectivity index (χ3n) is 3.26. The summed E-state index contributed by atoms with van der Waals surface area (Å²) in [4.78, 5) is 11.9. The van der Waals surface area contributed by atoms with Crippen molar-refractivity contribution in [1.29, 1.82) is 0 Å². The fourth-order valence-corrected chi connectivity index (χ4v) is 3.43. The van der Waals surface area contributed by atoms with Crippen molar-refractivity contribution in [2.75, 3.05) is 0 Å². The lowest BCUT2D eigenvalue weighted by atomic mass is 10.1. The summed E-state index contributed by atoms with van der Waals surface area (Å²) in [5.41, 5.74) is -0.656. The van der Waals surface area contributed by atoms with E-state index in [0.717, 1.165) is 24.3 Å². The number of alkyl halides is 3. The number of amides is 1. The van der Waals surface area contributed by atoms with Crippen LogP contribution in [0.15, 0.2) is 41.3 Å². The summed E-state index contributed by atoms with van der Waals surface area (Å²) < 4.78 is 60.4. The molecule has 0 saturated heterocycles. The molecule has 2 aromatic rings. The Balaban J connectivity index is 2.13. The quantitative estimate of drug-likeness (QED) is 0.682. The maximum Gasteiger partial charge on any atom is 0.417 e. The van der Waals surface area contributed by atoms with Crippen molar-refractivity contribution < 1.29 is 26.4 Å². The van der Waals surface area contributed by atoms with E-state index in [1.165, 1.54) is 12.1 Å². The Bertz CT molecular complexity index is 962. The Hall–Kier alpha value is -1.48. The second-order valence-electron chi connectivity index (χ2n) is 5.07. The lowest BCUT2D eigenvalue weighted by Crippen LogP contribution is -2.23. The molecule has 0 bridgehead atoms. The van der Waals surface area contributed by atoms with Crippen molar-refractivity contribution >= 4 is 48.8 Å². The molecule has 26 heavy (non-hydrogen) atoms. The highest BCUT2D eigenvalue weighted by Crippen LogP contribution is 2.35. The maximum absolute atomic E-state index is 12.7. The normalized spacial score (nSPS) is 12.1. The molecule has 2 aromatic carbocycles. The Labute approximate surface area is 161 Å². The molecule has 0 heterocycles. The lowest BCUT2D eigenvalue weighted by Gasteiger charge is -2.11. The molecule has 0 aliphatic rings. The van der Waals surface area contributed by atoms with Crippen molar-refractivity contribution in [3.05, 3.63) is 63.1 Å². The van der Waals surface area contributed by atoms with Crippen LogP contribution in [0.25, 0.3) is 0 Å². The smallest absolute Gasteiger partial charge is 0.348 e. The van der Waals surface area contributed by atoms with Crippen molar-refractivity contribution in [3.63, 3.8) is 0 Å². The molecule has 0 aliphatic heterocycles. The molecule has 4 nitrogen and oxygen atoms in total. The number of hydrogen-bond acceptors (Lipinski definition) is 3. The van der Waals surface area contributed by atoms with Gasteiger partial charge in [0.2, 0.25) is 0 Å². The van der Waals surface area contributed by atoms with Gasteiger partial charge in [-0.05, 0) is 35.9 Å². The van der Waals surface area contributed by atoms with E-state index < -0.39 is 31.7 Å². The third kappa shape index (κ3) is 5.03. The third-order valence-corrected chi connectivity index (χ3v) is 5.24. The molecule has 0 saturated carbocycles. The summed E-state index contributed by atoms with van der Waals surface area (Å²) in [5, 5.41) is 1.82. The molecule has 140 valence electrons. The number of carbonyl (C=O) groups is 1. The number of carbonyl (C=O) groups excluding carboxylic acids is 1. The molecule has 0 spiro atoms. The van der Waals surface area contributed by atoms with Crippen LogP contribution in [0, 0.1) is 0 Å². The minimum atomic E-state index is -4.57. The van der Waals surface area contributed by atoms with Crippen LogP contribution in [0.1, 0.15) is 21.5 Å². The molecule has 1 amide bonds. The standard InChI is InChI=1S/C15H9Cl3F3NO3S/c16-12-6-9(26(18,24)25)2-3-10(12)14(23)22-7-8-1-4-11(13(17)5-8)15(19,20)21/h1-6H,7H2,(H,22,23). The van der Waals surface area contributed by atoms with Gasteiger partial charge in [0.25, 0.3) is 15.0 Å². The number of nitrogens with one attached hydrogen (secondary N) is 1. The van der Waals surface area contributed by atoms with Gasteiger partial charge >= 0.3 is 6.18 Å². The van der Waals surface area contributed by atoms with E-state index in [9.17, 15) is 26.4 Å². The molecular formula is C15H9Cl3F3NO3S. The molecule has 0 aromatic heterocycles. The zero-order chi connectivity index (χ0) is 19.7. The molecule has 0 fully saturated rings. The average Bonchev–Trinajstić information content (AvgIpc) is 2.50. The van der Waals surface area contributed by atoms with Crippen molar-refractivity contribution in [2.45, 2.75) is 17.6 Å². The highest BCUT2D eigenvalue weighted by atomic mass is 35.7. The number of benzene rings is 2. The first-order chi connectivity index (χ1) is 11.9. The number of hydrogen-bond donors (Lipinski definition) is 1. The molecule has 0 atom stereocenters. The zero-order valence-corrected chi connectivity index (χ0v) is 15.7. The summed E-state index contributed by atoms with van der Waals surface area (Å²) in [7, 11) is 1.19. The van der Waals surface area contributed by atoms with Crippen molar-refractivity contribution in [2.24, 2.45) is 0 Å². The van der Waals surface area contributed by atoms with Crippen LogP contribution in [0.5, 0.6) is 0 Å². The average molecular weight is 447 g/mol. The molecule has 0 unspecified atom stereocenters. The topological polar surface area (TPSA) is 63.2 Å². The van der Waals surface area contributed by atoms with Crippen LogP contribution in [0.4, 0.5) is 13.2 Å². The SMILES string of the molecule is O=C(NCc1ccc(C(F)(F)F)c(Cl)c1)c1ccc(S(=O)(=O)Cl)cc1Cl. The van der Waals surface area contributed by atoms with Gasteiger partial charge in [0.1, 0.15) is 0 Å².